The smallest absolute Gasteiger partial charge is 0.276 e. The third-order valence-corrected chi connectivity index (χ3v) is 8.81. The van der Waals surface area contributed by atoms with E-state index in [1.807, 2.05) is 51.0 Å². The second-order valence-electron chi connectivity index (χ2n) is 10.5. The molecule has 3 aliphatic rings. The van der Waals surface area contributed by atoms with Crippen LogP contribution in [0.3, 0.4) is 0 Å². The molecule has 186 valence electrons. The van der Waals surface area contributed by atoms with Crippen molar-refractivity contribution in [3.05, 3.63) is 63.5 Å². The molecule has 2 amide bonds. The number of thiophene rings is 1. The van der Waals surface area contributed by atoms with Crippen LogP contribution in [0.4, 0.5) is 5.69 Å². The number of carbonyl (C=O) groups is 2. The largest absolute Gasteiger partial charge is 0.351 e. The third kappa shape index (κ3) is 4.29. The third-order valence-electron chi connectivity index (χ3n) is 7.87. The van der Waals surface area contributed by atoms with E-state index in [0.29, 0.717) is 12.2 Å². The first kappa shape index (κ1) is 24.1. The van der Waals surface area contributed by atoms with Crippen molar-refractivity contribution in [2.75, 3.05) is 18.5 Å². The summed E-state index contributed by atoms with van der Waals surface area (Å²) < 4.78 is 0. The summed E-state index contributed by atoms with van der Waals surface area (Å²) in [5, 5.41) is 9.55. The quantitative estimate of drug-likeness (QED) is 0.604. The highest BCUT2D eigenvalue weighted by atomic mass is 32.1. The number of nitrogens with one attached hydrogen (secondary N) is 1. The van der Waals surface area contributed by atoms with E-state index in [-0.39, 0.29) is 23.9 Å². The maximum Gasteiger partial charge on any atom is 0.276 e. The van der Waals surface area contributed by atoms with Gasteiger partial charge in [0.25, 0.3) is 5.91 Å². The van der Waals surface area contributed by atoms with Crippen LogP contribution in [-0.2, 0) is 9.59 Å². The lowest BCUT2D eigenvalue weighted by molar-refractivity contribution is -0.136. The minimum Gasteiger partial charge on any atom is -0.351 e. The topological polar surface area (TPSA) is 55.9 Å². The normalized spacial score (nSPS) is 25.9. The van der Waals surface area contributed by atoms with E-state index in [0.717, 1.165) is 42.5 Å². The standard InChI is InChI=1S/C28H36N4O2S/c1-19-13-14-20(2)22(16-19)32-26(33)24-17-23(25-12-9-15-35-25)30(4)31(24)18-28(32,3)27(34)29-21-10-7-5-6-8-11-21/h9,12-17,21,23H,5-8,10-11,18H2,1-4H3,(H,29,34). The van der Waals surface area contributed by atoms with Gasteiger partial charge in [-0.05, 0) is 68.3 Å². The predicted molar refractivity (Wildman–Crippen MR) is 141 cm³/mol. The van der Waals surface area contributed by atoms with Crippen LogP contribution in [0.25, 0.3) is 0 Å². The van der Waals surface area contributed by atoms with Crippen molar-refractivity contribution in [2.24, 2.45) is 0 Å². The number of piperazine rings is 1. The fraction of sp³-hybridized carbons (Fsp3) is 0.500. The number of carbonyl (C=O) groups excluding carboxylic acids is 2. The molecule has 2 atom stereocenters. The molecule has 1 saturated heterocycles. The van der Waals surface area contributed by atoms with Gasteiger partial charge in [-0.15, -0.1) is 11.3 Å². The van der Waals surface area contributed by atoms with Gasteiger partial charge in [0.15, 0.2) is 0 Å². The highest BCUT2D eigenvalue weighted by molar-refractivity contribution is 7.10. The number of aryl methyl sites for hydroxylation is 2. The van der Waals surface area contributed by atoms with Crippen LogP contribution in [0.5, 0.6) is 0 Å². The van der Waals surface area contributed by atoms with Crippen LogP contribution < -0.4 is 10.2 Å². The van der Waals surface area contributed by atoms with E-state index >= 15 is 0 Å². The Morgan fingerprint density at radius 1 is 1.11 bits per heavy atom. The summed E-state index contributed by atoms with van der Waals surface area (Å²) in [5.41, 5.74) is 2.48. The first-order valence-electron chi connectivity index (χ1n) is 12.8. The lowest BCUT2D eigenvalue weighted by Gasteiger charge is -2.50. The molecule has 1 aromatic heterocycles. The average molecular weight is 493 g/mol. The van der Waals surface area contributed by atoms with Crippen LogP contribution >= 0.6 is 11.3 Å². The Balaban J connectivity index is 1.55. The molecule has 2 fully saturated rings. The Morgan fingerprint density at radius 2 is 1.86 bits per heavy atom. The summed E-state index contributed by atoms with van der Waals surface area (Å²) in [6, 6.07) is 10.4. The molecule has 0 bridgehead atoms. The molecule has 35 heavy (non-hydrogen) atoms. The highest BCUT2D eigenvalue weighted by Gasteiger charge is 2.54. The summed E-state index contributed by atoms with van der Waals surface area (Å²) in [5.74, 6) is -0.181. The van der Waals surface area contributed by atoms with Gasteiger partial charge in [-0.25, -0.2) is 5.01 Å². The second-order valence-corrected chi connectivity index (χ2v) is 11.5. The Bertz CT molecular complexity index is 1140. The average Bonchev–Trinajstić information content (AvgIpc) is 3.38. The lowest BCUT2D eigenvalue weighted by Crippen LogP contribution is -2.70. The Hall–Kier alpha value is -2.64. The number of hydrogen-bond donors (Lipinski definition) is 1. The molecule has 0 radical (unpaired) electrons. The van der Waals surface area contributed by atoms with Crippen LogP contribution in [0.1, 0.15) is 67.5 Å². The molecule has 2 unspecified atom stereocenters. The summed E-state index contributed by atoms with van der Waals surface area (Å²) in [4.78, 5) is 31.2. The summed E-state index contributed by atoms with van der Waals surface area (Å²) in [6.07, 6.45) is 8.82. The first-order valence-corrected chi connectivity index (χ1v) is 13.7. The van der Waals surface area contributed by atoms with Crippen LogP contribution in [0, 0.1) is 13.8 Å². The van der Waals surface area contributed by atoms with Gasteiger partial charge in [0.05, 0.1) is 12.6 Å². The Labute approximate surface area is 212 Å². The van der Waals surface area contributed by atoms with E-state index < -0.39 is 5.54 Å². The lowest BCUT2D eigenvalue weighted by atomic mass is 9.91. The fourth-order valence-electron chi connectivity index (χ4n) is 5.74. The number of hydrogen-bond acceptors (Lipinski definition) is 5. The minimum atomic E-state index is -1.04. The predicted octanol–water partition coefficient (Wildman–Crippen LogP) is 5.10. The Morgan fingerprint density at radius 3 is 2.54 bits per heavy atom. The zero-order valence-corrected chi connectivity index (χ0v) is 22.0. The number of likely N-dealkylation sites (N-methyl/N-ethyl adjacent to an activating group) is 1. The van der Waals surface area contributed by atoms with Gasteiger partial charge in [0.1, 0.15) is 11.2 Å². The van der Waals surface area contributed by atoms with Gasteiger partial charge in [-0.1, -0.05) is 43.9 Å². The van der Waals surface area contributed by atoms with E-state index in [1.54, 1.807) is 16.2 Å². The number of fused-ring (bicyclic) bond motifs is 1. The molecule has 1 aliphatic carbocycles. The van der Waals surface area contributed by atoms with Crippen molar-refractivity contribution in [1.29, 1.82) is 0 Å². The number of hydrazine groups is 1. The van der Waals surface area contributed by atoms with Crippen molar-refractivity contribution < 1.29 is 9.59 Å². The van der Waals surface area contributed by atoms with Crippen molar-refractivity contribution in [1.82, 2.24) is 15.3 Å². The van der Waals surface area contributed by atoms with Crippen LogP contribution in [0.15, 0.2) is 47.5 Å². The molecule has 2 aliphatic heterocycles. The monoisotopic (exact) mass is 492 g/mol. The second kappa shape index (κ2) is 9.43. The maximum atomic E-state index is 14.2. The SMILES string of the molecule is Cc1ccc(C)c(N2C(=O)C3=CC(c4cccs4)N(C)N3CC2(C)C(=O)NC2CCCCCC2)c1. The zero-order valence-electron chi connectivity index (χ0n) is 21.2. The fourth-order valence-corrected chi connectivity index (χ4v) is 6.57. The van der Waals surface area contributed by atoms with Gasteiger partial charge in [0.2, 0.25) is 5.91 Å². The van der Waals surface area contributed by atoms with Gasteiger partial charge in [-0.3, -0.25) is 19.5 Å². The number of nitrogens with zero attached hydrogens (tertiary/aromatic N) is 3. The van der Waals surface area contributed by atoms with Crippen molar-refractivity contribution in [2.45, 2.75) is 76.9 Å². The van der Waals surface area contributed by atoms with Crippen molar-refractivity contribution in [3.63, 3.8) is 0 Å². The maximum absolute atomic E-state index is 14.2. The molecule has 2 aromatic rings. The molecule has 7 heteroatoms. The van der Waals surface area contributed by atoms with E-state index in [1.165, 1.54) is 17.7 Å². The van der Waals surface area contributed by atoms with Gasteiger partial charge < -0.3 is 5.32 Å². The molecule has 0 spiro atoms. The molecule has 1 saturated carbocycles. The summed E-state index contributed by atoms with van der Waals surface area (Å²) in [6.45, 7) is 6.39. The molecular weight excluding hydrogens is 456 g/mol. The number of rotatable bonds is 4. The van der Waals surface area contributed by atoms with Crippen LogP contribution in [0.2, 0.25) is 0 Å². The molecule has 1 N–H and O–H groups in total. The van der Waals surface area contributed by atoms with Gasteiger partial charge in [-0.2, -0.15) is 0 Å². The van der Waals surface area contributed by atoms with Gasteiger partial charge >= 0.3 is 0 Å². The van der Waals surface area contributed by atoms with E-state index in [4.69, 9.17) is 0 Å². The van der Waals surface area contributed by atoms with E-state index in [2.05, 4.69) is 33.9 Å². The molecule has 1 aromatic carbocycles. The summed E-state index contributed by atoms with van der Waals surface area (Å²) >= 11 is 1.69. The Kier molecular flexibility index (Phi) is 6.49. The molecule has 3 heterocycles. The van der Waals surface area contributed by atoms with Gasteiger partial charge in [0, 0.05) is 23.7 Å². The minimum absolute atomic E-state index is 0.0123. The molecule has 5 rings (SSSR count). The number of benzene rings is 1. The van der Waals surface area contributed by atoms with Crippen LogP contribution in [-0.4, -0.2) is 47.0 Å². The molecule has 6 nitrogen and oxygen atoms in total. The van der Waals surface area contributed by atoms with Crippen molar-refractivity contribution in [3.8, 4) is 0 Å². The number of amides is 2. The number of anilines is 1. The molecular formula is C28H36N4O2S. The highest BCUT2D eigenvalue weighted by Crippen LogP contribution is 2.43. The summed E-state index contributed by atoms with van der Waals surface area (Å²) in [7, 11) is 2.01. The van der Waals surface area contributed by atoms with Crippen molar-refractivity contribution >= 4 is 28.8 Å². The van der Waals surface area contributed by atoms with E-state index in [9.17, 15) is 9.59 Å². The first-order chi connectivity index (χ1) is 16.8. The zero-order chi connectivity index (χ0) is 24.7.